The number of hydrogen-bond donors (Lipinski definition) is 2. The zero-order chi connectivity index (χ0) is 14.4. The number of ether oxygens (including phenoxy) is 1. The molecule has 0 aliphatic carbocycles. The average molecular weight is 280 g/mol. The summed E-state index contributed by atoms with van der Waals surface area (Å²) in [6.45, 7) is 3.91. The zero-order valence-corrected chi connectivity index (χ0v) is 11.7. The lowest BCUT2D eigenvalue weighted by Gasteiger charge is -2.14. The monoisotopic (exact) mass is 280 g/mol. The third kappa shape index (κ3) is 4.20. The molecule has 1 aromatic carbocycles. The van der Waals surface area contributed by atoms with Crippen LogP contribution in [0.5, 0.6) is 0 Å². The highest BCUT2D eigenvalue weighted by molar-refractivity contribution is 5.79. The van der Waals surface area contributed by atoms with Crippen LogP contribution in [0.4, 0.5) is 10.1 Å². The second kappa shape index (κ2) is 7.24. The lowest BCUT2D eigenvalue weighted by Crippen LogP contribution is -2.35. The van der Waals surface area contributed by atoms with Crippen LogP contribution in [0.3, 0.4) is 0 Å². The molecular weight excluding hydrogens is 259 g/mol. The van der Waals surface area contributed by atoms with E-state index in [0.29, 0.717) is 19.7 Å². The Kier molecular flexibility index (Phi) is 5.35. The van der Waals surface area contributed by atoms with Crippen LogP contribution < -0.4 is 10.6 Å². The Morgan fingerprint density at radius 2 is 2.30 bits per heavy atom. The highest BCUT2D eigenvalue weighted by Crippen LogP contribution is 2.20. The Hall–Kier alpha value is -1.62. The van der Waals surface area contributed by atoms with Crippen LogP contribution in [0.25, 0.3) is 0 Å². The van der Waals surface area contributed by atoms with Gasteiger partial charge >= 0.3 is 0 Å². The van der Waals surface area contributed by atoms with Crippen molar-refractivity contribution in [2.45, 2.75) is 25.9 Å². The molecule has 1 saturated heterocycles. The van der Waals surface area contributed by atoms with Crippen LogP contribution in [0.15, 0.2) is 24.3 Å². The molecule has 1 fully saturated rings. The van der Waals surface area contributed by atoms with Crippen molar-refractivity contribution in [1.29, 1.82) is 0 Å². The Morgan fingerprint density at radius 3 is 3.00 bits per heavy atom. The standard InChI is InChI=1S/C15H21FN2O2/c1-11-14(6-9-20-11)15(19)18-8-3-7-17-13-5-2-4-12(16)10-13/h2,4-5,10-11,14,17H,3,6-9H2,1H3,(H,18,19). The molecule has 110 valence electrons. The maximum absolute atomic E-state index is 12.9. The summed E-state index contributed by atoms with van der Waals surface area (Å²) in [5, 5.41) is 6.04. The van der Waals surface area contributed by atoms with E-state index >= 15 is 0 Å². The fraction of sp³-hybridized carbons (Fsp3) is 0.533. The summed E-state index contributed by atoms with van der Waals surface area (Å²) in [4.78, 5) is 11.9. The number of nitrogens with one attached hydrogen (secondary N) is 2. The van der Waals surface area contributed by atoms with Gasteiger partial charge in [0.2, 0.25) is 5.91 Å². The minimum Gasteiger partial charge on any atom is -0.385 e. The first-order valence-corrected chi connectivity index (χ1v) is 7.05. The molecule has 1 aromatic rings. The van der Waals surface area contributed by atoms with Crippen molar-refractivity contribution in [3.63, 3.8) is 0 Å². The summed E-state index contributed by atoms with van der Waals surface area (Å²) in [6.07, 6.45) is 1.61. The lowest BCUT2D eigenvalue weighted by molar-refractivity contribution is -0.126. The third-order valence-electron chi connectivity index (χ3n) is 3.52. The first kappa shape index (κ1) is 14.8. The summed E-state index contributed by atoms with van der Waals surface area (Å²) < 4.78 is 18.3. The molecule has 1 aliphatic heterocycles. The Morgan fingerprint density at radius 1 is 1.45 bits per heavy atom. The second-order valence-corrected chi connectivity index (χ2v) is 5.05. The third-order valence-corrected chi connectivity index (χ3v) is 3.52. The summed E-state index contributed by atoms with van der Waals surface area (Å²) >= 11 is 0. The molecule has 20 heavy (non-hydrogen) atoms. The van der Waals surface area contributed by atoms with Gasteiger partial charge in [-0.15, -0.1) is 0 Å². The van der Waals surface area contributed by atoms with Gasteiger partial charge < -0.3 is 15.4 Å². The number of carbonyl (C=O) groups is 1. The fourth-order valence-electron chi connectivity index (χ4n) is 2.34. The fourth-order valence-corrected chi connectivity index (χ4v) is 2.34. The van der Waals surface area contributed by atoms with Gasteiger partial charge in [0.15, 0.2) is 0 Å². The van der Waals surface area contributed by atoms with Crippen LogP contribution in [0.1, 0.15) is 19.8 Å². The minimum absolute atomic E-state index is 0.0143. The van der Waals surface area contributed by atoms with Gasteiger partial charge in [-0.1, -0.05) is 6.07 Å². The van der Waals surface area contributed by atoms with Gasteiger partial charge in [-0.2, -0.15) is 0 Å². The van der Waals surface area contributed by atoms with Gasteiger partial charge in [-0.25, -0.2) is 4.39 Å². The highest BCUT2D eigenvalue weighted by atomic mass is 19.1. The lowest BCUT2D eigenvalue weighted by atomic mass is 10.0. The maximum atomic E-state index is 12.9. The number of amides is 1. The summed E-state index contributed by atoms with van der Waals surface area (Å²) in [5.41, 5.74) is 0.758. The van der Waals surface area contributed by atoms with E-state index in [1.165, 1.54) is 12.1 Å². The maximum Gasteiger partial charge on any atom is 0.225 e. The molecule has 2 atom stereocenters. The number of carbonyl (C=O) groups excluding carboxylic acids is 1. The quantitative estimate of drug-likeness (QED) is 0.785. The van der Waals surface area contributed by atoms with Gasteiger partial charge in [0.25, 0.3) is 0 Å². The predicted octanol–water partition coefficient (Wildman–Crippen LogP) is 2.17. The van der Waals surface area contributed by atoms with Crippen LogP contribution >= 0.6 is 0 Å². The van der Waals surface area contributed by atoms with Crippen LogP contribution in [-0.4, -0.2) is 31.7 Å². The van der Waals surface area contributed by atoms with Crippen molar-refractivity contribution >= 4 is 11.6 Å². The van der Waals surface area contributed by atoms with E-state index < -0.39 is 0 Å². The van der Waals surface area contributed by atoms with Crippen molar-refractivity contribution in [1.82, 2.24) is 5.32 Å². The second-order valence-electron chi connectivity index (χ2n) is 5.05. The highest BCUT2D eigenvalue weighted by Gasteiger charge is 2.30. The summed E-state index contributed by atoms with van der Waals surface area (Å²) in [5.74, 6) is -0.203. The van der Waals surface area contributed by atoms with E-state index in [-0.39, 0.29) is 23.7 Å². The molecule has 0 saturated carbocycles. The van der Waals surface area contributed by atoms with E-state index in [1.807, 2.05) is 13.0 Å². The van der Waals surface area contributed by atoms with Crippen molar-refractivity contribution in [3.8, 4) is 0 Å². The Labute approximate surface area is 118 Å². The topological polar surface area (TPSA) is 50.4 Å². The first-order chi connectivity index (χ1) is 9.66. The van der Waals surface area contributed by atoms with E-state index in [4.69, 9.17) is 4.74 Å². The zero-order valence-electron chi connectivity index (χ0n) is 11.7. The largest absolute Gasteiger partial charge is 0.385 e. The smallest absolute Gasteiger partial charge is 0.225 e. The molecule has 2 rings (SSSR count). The van der Waals surface area contributed by atoms with Gasteiger partial charge in [0, 0.05) is 25.4 Å². The van der Waals surface area contributed by atoms with Crippen LogP contribution in [0.2, 0.25) is 0 Å². The molecule has 0 bridgehead atoms. The Balaban J connectivity index is 1.61. The molecular formula is C15H21FN2O2. The predicted molar refractivity (Wildman–Crippen MR) is 76.0 cm³/mol. The first-order valence-electron chi connectivity index (χ1n) is 7.05. The molecule has 0 aromatic heterocycles. The molecule has 4 nitrogen and oxygen atoms in total. The Bertz CT molecular complexity index is 453. The number of rotatable bonds is 6. The normalized spacial score (nSPS) is 21.7. The summed E-state index contributed by atoms with van der Waals surface area (Å²) in [7, 11) is 0. The number of halogens is 1. The molecule has 1 aliphatic rings. The molecule has 0 radical (unpaired) electrons. The van der Waals surface area contributed by atoms with Gasteiger partial charge in [0.1, 0.15) is 5.82 Å². The molecule has 0 spiro atoms. The average Bonchev–Trinajstić information content (AvgIpc) is 2.84. The van der Waals surface area contributed by atoms with Crippen molar-refractivity contribution in [2.24, 2.45) is 5.92 Å². The molecule has 1 heterocycles. The van der Waals surface area contributed by atoms with Crippen molar-refractivity contribution in [2.75, 3.05) is 25.0 Å². The minimum atomic E-state index is -0.251. The van der Waals surface area contributed by atoms with Gasteiger partial charge in [0.05, 0.1) is 12.0 Å². The number of hydrogen-bond acceptors (Lipinski definition) is 3. The van der Waals surface area contributed by atoms with Crippen molar-refractivity contribution in [3.05, 3.63) is 30.1 Å². The van der Waals surface area contributed by atoms with E-state index in [0.717, 1.165) is 18.5 Å². The van der Waals surface area contributed by atoms with E-state index in [9.17, 15) is 9.18 Å². The van der Waals surface area contributed by atoms with Crippen LogP contribution in [-0.2, 0) is 9.53 Å². The van der Waals surface area contributed by atoms with Gasteiger partial charge in [-0.3, -0.25) is 4.79 Å². The molecule has 2 unspecified atom stereocenters. The van der Waals surface area contributed by atoms with Gasteiger partial charge in [-0.05, 0) is 38.0 Å². The van der Waals surface area contributed by atoms with Crippen molar-refractivity contribution < 1.29 is 13.9 Å². The molecule has 2 N–H and O–H groups in total. The van der Waals surface area contributed by atoms with Crippen LogP contribution in [0, 0.1) is 11.7 Å². The SMILES string of the molecule is CC1OCCC1C(=O)NCCCNc1cccc(F)c1. The van der Waals surface area contributed by atoms with E-state index in [2.05, 4.69) is 10.6 Å². The number of anilines is 1. The molecule has 1 amide bonds. The van der Waals surface area contributed by atoms with E-state index in [1.54, 1.807) is 6.07 Å². The molecule has 5 heteroatoms. The summed E-state index contributed by atoms with van der Waals surface area (Å²) in [6, 6.07) is 6.35. The number of benzene rings is 1.